The summed E-state index contributed by atoms with van der Waals surface area (Å²) in [6.07, 6.45) is 1.74. The molecule has 2 aromatic carbocycles. The first-order valence-electron chi connectivity index (χ1n) is 14.6. The minimum Gasteiger partial charge on any atom is -0.317 e. The van der Waals surface area contributed by atoms with Crippen LogP contribution in [0.25, 0.3) is 5.69 Å². The van der Waals surface area contributed by atoms with Gasteiger partial charge in [0.2, 0.25) is 0 Å². The zero-order valence-electron chi connectivity index (χ0n) is 25.1. The maximum absolute atomic E-state index is 14.0. The van der Waals surface area contributed by atoms with Crippen LogP contribution in [0, 0.1) is 19.8 Å². The van der Waals surface area contributed by atoms with Gasteiger partial charge >= 0.3 is 6.03 Å². The van der Waals surface area contributed by atoms with Gasteiger partial charge in [-0.2, -0.15) is 5.10 Å². The van der Waals surface area contributed by atoms with Crippen LogP contribution in [0.15, 0.2) is 72.8 Å². The van der Waals surface area contributed by atoms with Gasteiger partial charge in [0.15, 0.2) is 5.78 Å². The number of aromatic nitrogens is 3. The summed E-state index contributed by atoms with van der Waals surface area (Å²) in [5, 5.41) is 14.3. The number of piperidine rings is 1. The fourth-order valence-electron chi connectivity index (χ4n) is 5.50. The molecule has 1 aliphatic heterocycles. The summed E-state index contributed by atoms with van der Waals surface area (Å²) in [5.41, 5.74) is 5.32. The minimum atomic E-state index is -0.427. The predicted octanol–water partition coefficient (Wildman–Crippen LogP) is 6.79. The number of amides is 2. The van der Waals surface area contributed by atoms with Gasteiger partial charge in [0.05, 0.1) is 17.3 Å². The van der Waals surface area contributed by atoms with Gasteiger partial charge in [0, 0.05) is 22.9 Å². The number of anilines is 2. The molecule has 1 atom stereocenters. The highest BCUT2D eigenvalue weighted by molar-refractivity contribution is 6.03. The summed E-state index contributed by atoms with van der Waals surface area (Å²) in [6.45, 7) is 11.9. The molecule has 2 amide bonds. The minimum absolute atomic E-state index is 0.0208. The topological polar surface area (TPSA) is 101 Å². The summed E-state index contributed by atoms with van der Waals surface area (Å²) >= 11 is 0. The highest BCUT2D eigenvalue weighted by atomic mass is 16.2. The summed E-state index contributed by atoms with van der Waals surface area (Å²) < 4.78 is 1.76. The Morgan fingerprint density at radius 3 is 2.33 bits per heavy atom. The normalized spacial score (nSPS) is 14.8. The van der Waals surface area contributed by atoms with E-state index >= 15 is 0 Å². The quantitative estimate of drug-likeness (QED) is 0.215. The number of nitrogens with zero attached hydrogens (tertiary/aromatic N) is 3. The number of carbonyl (C=O) groups excluding carboxylic acids is 2. The molecule has 0 saturated carbocycles. The number of hydrogen-bond acceptors (Lipinski definition) is 5. The first-order chi connectivity index (χ1) is 20.1. The highest BCUT2D eigenvalue weighted by Gasteiger charge is 2.34. The van der Waals surface area contributed by atoms with E-state index in [1.54, 1.807) is 10.7 Å². The van der Waals surface area contributed by atoms with E-state index in [-0.39, 0.29) is 17.1 Å². The number of nitrogens with one attached hydrogen (secondary N) is 3. The van der Waals surface area contributed by atoms with Crippen LogP contribution >= 0.6 is 0 Å². The van der Waals surface area contributed by atoms with Crippen LogP contribution in [0.1, 0.15) is 72.5 Å². The van der Waals surface area contributed by atoms with Crippen LogP contribution in [0.5, 0.6) is 0 Å². The van der Waals surface area contributed by atoms with Crippen molar-refractivity contribution in [1.82, 2.24) is 20.1 Å². The van der Waals surface area contributed by atoms with Gasteiger partial charge in [-0.05, 0) is 81.6 Å². The Morgan fingerprint density at radius 1 is 0.929 bits per heavy atom. The number of aryl methyl sites for hydroxylation is 2. The van der Waals surface area contributed by atoms with Crippen molar-refractivity contribution >= 4 is 23.3 Å². The molecule has 5 rings (SSSR count). The monoisotopic (exact) mass is 564 g/mol. The van der Waals surface area contributed by atoms with E-state index in [0.717, 1.165) is 54.1 Å². The molecule has 1 unspecified atom stereocenters. The molecule has 0 radical (unpaired) electrons. The number of pyridine rings is 1. The second-order valence-electron chi connectivity index (χ2n) is 12.2. The summed E-state index contributed by atoms with van der Waals surface area (Å²) in [4.78, 5) is 32.1. The van der Waals surface area contributed by atoms with Crippen molar-refractivity contribution in [3.8, 4) is 5.69 Å². The van der Waals surface area contributed by atoms with Crippen molar-refractivity contribution in [2.45, 2.75) is 58.8 Å². The lowest BCUT2D eigenvalue weighted by Crippen LogP contribution is -2.34. The molecule has 8 nitrogen and oxygen atoms in total. The molecule has 3 heterocycles. The Balaban J connectivity index is 1.46. The average Bonchev–Trinajstić information content (AvgIpc) is 3.39. The van der Waals surface area contributed by atoms with Crippen LogP contribution in [0.4, 0.5) is 16.3 Å². The number of carbonyl (C=O) groups is 2. The van der Waals surface area contributed by atoms with E-state index in [9.17, 15) is 9.59 Å². The van der Waals surface area contributed by atoms with Crippen LogP contribution < -0.4 is 16.0 Å². The largest absolute Gasteiger partial charge is 0.324 e. The molecular weight excluding hydrogens is 524 g/mol. The van der Waals surface area contributed by atoms with Crippen molar-refractivity contribution in [2.75, 3.05) is 23.7 Å². The molecule has 218 valence electrons. The molecule has 8 heteroatoms. The molecule has 2 aromatic heterocycles. The number of ketones is 1. The first-order valence-corrected chi connectivity index (χ1v) is 14.6. The Hall–Kier alpha value is -4.30. The van der Waals surface area contributed by atoms with E-state index in [2.05, 4.69) is 41.7 Å². The van der Waals surface area contributed by atoms with Gasteiger partial charge in [-0.15, -0.1) is 0 Å². The van der Waals surface area contributed by atoms with Gasteiger partial charge < -0.3 is 10.6 Å². The highest BCUT2D eigenvalue weighted by Crippen LogP contribution is 2.37. The lowest BCUT2D eigenvalue weighted by Gasteiger charge is -2.31. The second kappa shape index (κ2) is 12.3. The van der Waals surface area contributed by atoms with Crippen molar-refractivity contribution < 1.29 is 9.59 Å². The smallest absolute Gasteiger partial charge is 0.317 e. The maximum Gasteiger partial charge on any atom is 0.324 e. The Morgan fingerprint density at radius 2 is 1.64 bits per heavy atom. The lowest BCUT2D eigenvalue weighted by molar-refractivity contribution is 0.0911. The van der Waals surface area contributed by atoms with Crippen molar-refractivity contribution in [3.05, 3.63) is 101 Å². The van der Waals surface area contributed by atoms with Gasteiger partial charge in [-0.1, -0.05) is 62.7 Å². The Kier molecular flexibility index (Phi) is 8.54. The van der Waals surface area contributed by atoms with Crippen molar-refractivity contribution in [3.63, 3.8) is 0 Å². The van der Waals surface area contributed by atoms with Gasteiger partial charge in [-0.25, -0.2) is 9.48 Å². The number of Topliss-reactive ketones (excluding diaryl/α,β-unsaturated/α-hetero) is 1. The third-order valence-electron chi connectivity index (χ3n) is 7.82. The molecular formula is C34H40N6O2. The van der Waals surface area contributed by atoms with Crippen molar-refractivity contribution in [1.29, 1.82) is 0 Å². The number of para-hydroxylation sites is 1. The average molecular weight is 565 g/mol. The molecule has 42 heavy (non-hydrogen) atoms. The lowest BCUT2D eigenvalue weighted by atomic mass is 9.76. The maximum atomic E-state index is 14.0. The Labute approximate surface area is 248 Å². The molecule has 1 aliphatic rings. The Bertz CT molecular complexity index is 1560. The summed E-state index contributed by atoms with van der Waals surface area (Å²) in [6, 6.07) is 22.7. The van der Waals surface area contributed by atoms with Gasteiger partial charge in [0.1, 0.15) is 11.5 Å². The standard InChI is InChI=1S/C34H40N6O2/c1-22-13-15-25(16-14-22)40-30(21-29(39-40)34(3,4)5)38-33(42)37-27-11-7-6-10-26(27)31(24-17-19-35-20-18-24)32(41)28-12-8-9-23(2)36-28/h6-16,21,24,31,35H,17-20H2,1-5H3,(H2,37,38,42). The predicted molar refractivity (Wildman–Crippen MR) is 168 cm³/mol. The van der Waals surface area contributed by atoms with E-state index in [4.69, 9.17) is 5.10 Å². The van der Waals surface area contributed by atoms with Crippen LogP contribution in [-0.4, -0.2) is 39.7 Å². The van der Waals surface area contributed by atoms with Crippen LogP contribution in [0.3, 0.4) is 0 Å². The molecule has 1 fully saturated rings. The first kappa shape index (κ1) is 29.2. The number of hydrogen-bond donors (Lipinski definition) is 3. The molecule has 1 saturated heterocycles. The van der Waals surface area contributed by atoms with E-state index < -0.39 is 11.9 Å². The summed E-state index contributed by atoms with van der Waals surface area (Å²) in [7, 11) is 0. The second-order valence-corrected chi connectivity index (χ2v) is 12.2. The fraction of sp³-hybridized carbons (Fsp3) is 0.353. The van der Waals surface area contributed by atoms with E-state index in [1.165, 1.54) is 0 Å². The van der Waals surface area contributed by atoms with Gasteiger partial charge in [0.25, 0.3) is 0 Å². The van der Waals surface area contributed by atoms with Gasteiger partial charge in [-0.3, -0.25) is 15.1 Å². The SMILES string of the molecule is Cc1ccc(-n2nc(C(C)(C)C)cc2NC(=O)Nc2ccccc2C(C(=O)c2cccc(C)n2)C2CCNCC2)cc1. The molecule has 0 spiro atoms. The van der Waals surface area contributed by atoms with Crippen LogP contribution in [-0.2, 0) is 5.41 Å². The fourth-order valence-corrected chi connectivity index (χ4v) is 5.50. The zero-order chi connectivity index (χ0) is 29.9. The van der Waals surface area contributed by atoms with E-state index in [0.29, 0.717) is 17.2 Å². The number of rotatable bonds is 7. The van der Waals surface area contributed by atoms with Crippen molar-refractivity contribution in [2.24, 2.45) is 5.92 Å². The number of benzene rings is 2. The molecule has 0 bridgehead atoms. The molecule has 0 aliphatic carbocycles. The third kappa shape index (κ3) is 6.60. The summed E-state index contributed by atoms with van der Waals surface area (Å²) in [5.74, 6) is 0.245. The molecule has 3 N–H and O–H groups in total. The van der Waals surface area contributed by atoms with Crippen LogP contribution in [0.2, 0.25) is 0 Å². The van der Waals surface area contributed by atoms with E-state index in [1.807, 2.05) is 80.6 Å². The number of urea groups is 1. The third-order valence-corrected chi connectivity index (χ3v) is 7.82. The zero-order valence-corrected chi connectivity index (χ0v) is 25.1. The molecule has 4 aromatic rings.